The van der Waals surface area contributed by atoms with E-state index in [1.807, 2.05) is 6.07 Å². The second kappa shape index (κ2) is 5.18. The molecule has 1 N–H and O–H groups in total. The maximum atomic E-state index is 9.61. The Kier molecular flexibility index (Phi) is 3.61. The van der Waals surface area contributed by atoms with Gasteiger partial charge >= 0.3 is 0 Å². The number of aromatic hydroxyl groups is 1. The van der Waals surface area contributed by atoms with Crippen LogP contribution in [-0.2, 0) is 0 Å². The topological polar surface area (TPSA) is 53.2 Å². The van der Waals surface area contributed by atoms with Crippen molar-refractivity contribution in [1.29, 1.82) is 5.26 Å². The molecule has 3 nitrogen and oxygen atoms in total. The second-order valence-corrected chi connectivity index (χ2v) is 4.37. The van der Waals surface area contributed by atoms with Gasteiger partial charge in [-0.05, 0) is 30.3 Å². The zero-order valence-corrected chi connectivity index (χ0v) is 10.5. The molecule has 0 unspecified atom stereocenters. The molecule has 2 rings (SSSR count). The van der Waals surface area contributed by atoms with Crippen molar-refractivity contribution in [2.24, 2.45) is 0 Å². The number of hydrogen-bond donors (Lipinski definition) is 1. The average Bonchev–Trinajstić information content (AvgIpc) is 2.33. The molecule has 0 radical (unpaired) electrons. The first-order valence-corrected chi connectivity index (χ1v) is 5.71. The van der Waals surface area contributed by atoms with Crippen LogP contribution in [-0.4, -0.2) is 5.11 Å². The Morgan fingerprint density at radius 3 is 2.56 bits per heavy atom. The summed E-state index contributed by atoms with van der Waals surface area (Å²) in [6.45, 7) is 0. The third-order valence-corrected chi connectivity index (χ3v) is 2.60. The molecule has 0 atom stereocenters. The van der Waals surface area contributed by atoms with Crippen LogP contribution in [0.2, 0.25) is 10.0 Å². The number of nitrogens with zero attached hydrogens (tertiary/aromatic N) is 1. The normalized spacial score (nSPS) is 9.83. The quantitative estimate of drug-likeness (QED) is 0.889. The van der Waals surface area contributed by atoms with E-state index in [9.17, 15) is 5.11 Å². The van der Waals surface area contributed by atoms with Crippen molar-refractivity contribution in [3.05, 3.63) is 52.0 Å². The minimum atomic E-state index is -0.0436. The van der Waals surface area contributed by atoms with E-state index in [-0.39, 0.29) is 11.5 Å². The largest absolute Gasteiger partial charge is 0.504 e. The van der Waals surface area contributed by atoms with Crippen molar-refractivity contribution in [2.75, 3.05) is 0 Å². The lowest BCUT2D eigenvalue weighted by Gasteiger charge is -2.08. The van der Waals surface area contributed by atoms with E-state index in [1.165, 1.54) is 24.3 Å². The van der Waals surface area contributed by atoms with Gasteiger partial charge in [-0.1, -0.05) is 23.2 Å². The highest BCUT2D eigenvalue weighted by molar-refractivity contribution is 6.31. The standard InChI is InChI=1S/C13H7Cl2NO2/c14-9-1-2-12(17)13(6-9)18-11-4-8(7-16)3-10(15)5-11/h1-6,17H. The molecule has 0 bridgehead atoms. The third kappa shape index (κ3) is 2.86. The smallest absolute Gasteiger partial charge is 0.170 e. The molecule has 0 saturated heterocycles. The van der Waals surface area contributed by atoms with E-state index in [0.29, 0.717) is 21.4 Å². The van der Waals surface area contributed by atoms with Crippen molar-refractivity contribution < 1.29 is 9.84 Å². The lowest BCUT2D eigenvalue weighted by molar-refractivity contribution is 0.411. The Labute approximate surface area is 114 Å². The molecule has 0 fully saturated rings. The second-order valence-electron chi connectivity index (χ2n) is 3.50. The predicted molar refractivity (Wildman–Crippen MR) is 69.4 cm³/mol. The van der Waals surface area contributed by atoms with E-state index >= 15 is 0 Å². The highest BCUT2D eigenvalue weighted by Gasteiger charge is 2.06. The SMILES string of the molecule is N#Cc1cc(Cl)cc(Oc2cc(Cl)ccc2O)c1. The maximum absolute atomic E-state index is 9.61. The number of ether oxygens (including phenoxy) is 1. The Hall–Kier alpha value is -1.89. The molecular weight excluding hydrogens is 273 g/mol. The van der Waals surface area contributed by atoms with E-state index in [0.717, 1.165) is 0 Å². The van der Waals surface area contributed by atoms with Gasteiger partial charge in [0.25, 0.3) is 0 Å². The molecule has 0 heterocycles. The summed E-state index contributed by atoms with van der Waals surface area (Å²) in [6.07, 6.45) is 0. The summed E-state index contributed by atoms with van der Waals surface area (Å²) in [5.74, 6) is 0.517. The number of halogens is 2. The van der Waals surface area contributed by atoms with Gasteiger partial charge in [-0.25, -0.2) is 0 Å². The fourth-order valence-electron chi connectivity index (χ4n) is 1.38. The molecule has 18 heavy (non-hydrogen) atoms. The lowest BCUT2D eigenvalue weighted by atomic mass is 10.2. The van der Waals surface area contributed by atoms with Crippen LogP contribution < -0.4 is 4.74 Å². The molecule has 5 heteroatoms. The van der Waals surface area contributed by atoms with Gasteiger partial charge in [-0.2, -0.15) is 5.26 Å². The van der Waals surface area contributed by atoms with E-state index in [2.05, 4.69) is 0 Å². The summed E-state index contributed by atoms with van der Waals surface area (Å²) < 4.78 is 5.44. The number of phenols is 1. The van der Waals surface area contributed by atoms with Crippen molar-refractivity contribution in [3.63, 3.8) is 0 Å². The highest BCUT2D eigenvalue weighted by Crippen LogP contribution is 2.34. The summed E-state index contributed by atoms with van der Waals surface area (Å²) in [7, 11) is 0. The van der Waals surface area contributed by atoms with Crippen molar-refractivity contribution in [1.82, 2.24) is 0 Å². The fourth-order valence-corrected chi connectivity index (χ4v) is 1.77. The van der Waals surface area contributed by atoms with Gasteiger partial charge in [-0.15, -0.1) is 0 Å². The number of nitriles is 1. The molecule has 0 aliphatic carbocycles. The zero-order valence-electron chi connectivity index (χ0n) is 9.02. The Balaban J connectivity index is 2.37. The molecule has 0 aromatic heterocycles. The first kappa shape index (κ1) is 12.6. The lowest BCUT2D eigenvalue weighted by Crippen LogP contribution is -1.86. The fraction of sp³-hybridized carbons (Fsp3) is 0. The number of rotatable bonds is 2. The summed E-state index contributed by atoms with van der Waals surface area (Å²) in [4.78, 5) is 0. The van der Waals surface area contributed by atoms with Crippen LogP contribution in [0.5, 0.6) is 17.2 Å². The van der Waals surface area contributed by atoms with Crippen LogP contribution in [0.4, 0.5) is 0 Å². The van der Waals surface area contributed by atoms with E-state index < -0.39 is 0 Å². The summed E-state index contributed by atoms with van der Waals surface area (Å²) >= 11 is 11.6. The van der Waals surface area contributed by atoms with Gasteiger partial charge in [0.1, 0.15) is 5.75 Å². The molecular formula is C13H7Cl2NO2. The van der Waals surface area contributed by atoms with Gasteiger partial charge in [0.15, 0.2) is 11.5 Å². The van der Waals surface area contributed by atoms with E-state index in [1.54, 1.807) is 12.1 Å². The third-order valence-electron chi connectivity index (χ3n) is 2.15. The van der Waals surface area contributed by atoms with Crippen LogP contribution in [0.25, 0.3) is 0 Å². The van der Waals surface area contributed by atoms with Gasteiger partial charge in [0, 0.05) is 16.1 Å². The number of benzene rings is 2. The van der Waals surface area contributed by atoms with Crippen molar-refractivity contribution in [2.45, 2.75) is 0 Å². The summed E-state index contributed by atoms with van der Waals surface area (Å²) in [5, 5.41) is 19.2. The van der Waals surface area contributed by atoms with Gasteiger partial charge in [-0.3, -0.25) is 0 Å². The molecule has 0 amide bonds. The Bertz CT molecular complexity index is 635. The van der Waals surface area contributed by atoms with Crippen LogP contribution in [0.1, 0.15) is 5.56 Å². The van der Waals surface area contributed by atoms with Crippen LogP contribution in [0.3, 0.4) is 0 Å². The van der Waals surface area contributed by atoms with Crippen LogP contribution >= 0.6 is 23.2 Å². The maximum Gasteiger partial charge on any atom is 0.170 e. The summed E-state index contributed by atoms with van der Waals surface area (Å²) in [6, 6.07) is 11.0. The van der Waals surface area contributed by atoms with Crippen molar-refractivity contribution >= 4 is 23.2 Å². The minimum absolute atomic E-state index is 0.0436. The minimum Gasteiger partial charge on any atom is -0.504 e. The van der Waals surface area contributed by atoms with E-state index in [4.69, 9.17) is 33.2 Å². The monoisotopic (exact) mass is 279 g/mol. The molecule has 90 valence electrons. The molecule has 0 aliphatic heterocycles. The first-order chi connectivity index (χ1) is 8.58. The van der Waals surface area contributed by atoms with Gasteiger partial charge < -0.3 is 9.84 Å². The van der Waals surface area contributed by atoms with Gasteiger partial charge in [0.05, 0.1) is 11.6 Å². The first-order valence-electron chi connectivity index (χ1n) is 4.95. The van der Waals surface area contributed by atoms with Crippen LogP contribution in [0.15, 0.2) is 36.4 Å². The summed E-state index contributed by atoms with van der Waals surface area (Å²) in [5.41, 5.74) is 0.374. The van der Waals surface area contributed by atoms with Gasteiger partial charge in [0.2, 0.25) is 0 Å². The zero-order chi connectivity index (χ0) is 13.1. The molecule has 0 spiro atoms. The Morgan fingerprint density at radius 2 is 1.83 bits per heavy atom. The predicted octanol–water partition coefficient (Wildman–Crippen LogP) is 4.36. The molecule has 0 saturated carbocycles. The molecule has 2 aromatic carbocycles. The number of phenolic OH excluding ortho intramolecular Hbond substituents is 1. The average molecular weight is 280 g/mol. The van der Waals surface area contributed by atoms with Crippen molar-refractivity contribution in [3.8, 4) is 23.3 Å². The molecule has 0 aliphatic rings. The highest BCUT2D eigenvalue weighted by atomic mass is 35.5. The Morgan fingerprint density at radius 1 is 1.06 bits per heavy atom. The van der Waals surface area contributed by atoms with Crippen LogP contribution in [0, 0.1) is 11.3 Å². The number of hydrogen-bond acceptors (Lipinski definition) is 3. The molecule has 2 aromatic rings.